The minimum absolute atomic E-state index is 0.470. The summed E-state index contributed by atoms with van der Waals surface area (Å²) in [5.41, 5.74) is 2.45. The summed E-state index contributed by atoms with van der Waals surface area (Å²) in [7, 11) is 0. The SMILES string of the molecule is [C-]#[N+]c1ccc2c(C)cc(Cl)nc2c1. The molecule has 0 radical (unpaired) electrons. The lowest BCUT2D eigenvalue weighted by atomic mass is 10.1. The Kier molecular flexibility index (Phi) is 2.11. The quantitative estimate of drug-likeness (QED) is 0.470. The van der Waals surface area contributed by atoms with Crippen LogP contribution in [0, 0.1) is 13.5 Å². The van der Waals surface area contributed by atoms with Crippen molar-refractivity contribution in [1.29, 1.82) is 0 Å². The molecule has 0 unspecified atom stereocenters. The largest absolute Gasteiger partial charge is 0.238 e. The van der Waals surface area contributed by atoms with E-state index in [2.05, 4.69) is 9.83 Å². The van der Waals surface area contributed by atoms with E-state index in [1.807, 2.05) is 19.1 Å². The van der Waals surface area contributed by atoms with Crippen LogP contribution in [0.3, 0.4) is 0 Å². The molecule has 2 aromatic rings. The fourth-order valence-electron chi connectivity index (χ4n) is 1.42. The number of nitrogens with zero attached hydrogens (tertiary/aromatic N) is 2. The van der Waals surface area contributed by atoms with Crippen molar-refractivity contribution in [2.45, 2.75) is 6.92 Å². The summed E-state index contributed by atoms with van der Waals surface area (Å²) in [4.78, 5) is 7.51. The molecule has 2 nitrogen and oxygen atoms in total. The minimum Gasteiger partial charge on any atom is -0.238 e. The van der Waals surface area contributed by atoms with Crippen molar-refractivity contribution < 1.29 is 0 Å². The Balaban J connectivity index is 2.83. The smallest absolute Gasteiger partial charge is 0.189 e. The Bertz CT molecular complexity index is 541. The summed E-state index contributed by atoms with van der Waals surface area (Å²) < 4.78 is 0. The second-order valence-corrected chi connectivity index (χ2v) is 3.46. The van der Waals surface area contributed by atoms with Crippen LogP contribution >= 0.6 is 11.6 Å². The van der Waals surface area contributed by atoms with Gasteiger partial charge >= 0.3 is 0 Å². The van der Waals surface area contributed by atoms with Gasteiger partial charge in [-0.05, 0) is 24.6 Å². The first-order chi connectivity index (χ1) is 6.70. The van der Waals surface area contributed by atoms with E-state index in [4.69, 9.17) is 18.2 Å². The molecule has 2 rings (SSSR count). The first-order valence-corrected chi connectivity index (χ1v) is 4.53. The molecule has 14 heavy (non-hydrogen) atoms. The van der Waals surface area contributed by atoms with Gasteiger partial charge in [0.25, 0.3) is 0 Å². The van der Waals surface area contributed by atoms with Crippen LogP contribution in [-0.4, -0.2) is 4.98 Å². The van der Waals surface area contributed by atoms with Crippen molar-refractivity contribution in [2.75, 3.05) is 0 Å². The molecular weight excluding hydrogens is 196 g/mol. The first-order valence-electron chi connectivity index (χ1n) is 4.15. The second-order valence-electron chi connectivity index (χ2n) is 3.08. The number of aryl methyl sites for hydroxylation is 1. The highest BCUT2D eigenvalue weighted by Gasteiger charge is 2.01. The molecule has 0 N–H and O–H groups in total. The van der Waals surface area contributed by atoms with Gasteiger partial charge in [-0.25, -0.2) is 9.83 Å². The Morgan fingerprint density at radius 2 is 2.14 bits per heavy atom. The summed E-state index contributed by atoms with van der Waals surface area (Å²) in [5.74, 6) is 0. The lowest BCUT2D eigenvalue weighted by Crippen LogP contribution is -1.83. The van der Waals surface area contributed by atoms with Crippen LogP contribution in [0.1, 0.15) is 5.56 Å². The van der Waals surface area contributed by atoms with Crippen LogP contribution in [0.15, 0.2) is 24.3 Å². The predicted molar refractivity (Wildman–Crippen MR) is 57.8 cm³/mol. The third kappa shape index (κ3) is 1.43. The molecule has 1 heterocycles. The molecule has 0 aliphatic carbocycles. The average Bonchev–Trinajstić information content (AvgIpc) is 2.16. The Labute approximate surface area is 87.0 Å². The van der Waals surface area contributed by atoms with Gasteiger partial charge in [-0.15, -0.1) is 0 Å². The predicted octanol–water partition coefficient (Wildman–Crippen LogP) is 3.75. The third-order valence-electron chi connectivity index (χ3n) is 2.10. The van der Waals surface area contributed by atoms with Crippen LogP contribution in [0.25, 0.3) is 15.7 Å². The monoisotopic (exact) mass is 202 g/mol. The van der Waals surface area contributed by atoms with Gasteiger partial charge in [-0.1, -0.05) is 23.7 Å². The van der Waals surface area contributed by atoms with E-state index in [0.29, 0.717) is 10.8 Å². The average molecular weight is 203 g/mol. The zero-order valence-corrected chi connectivity index (χ0v) is 8.34. The number of rotatable bonds is 0. The first kappa shape index (κ1) is 8.98. The van der Waals surface area contributed by atoms with Crippen LogP contribution in [0.5, 0.6) is 0 Å². The van der Waals surface area contributed by atoms with Crippen molar-refractivity contribution in [1.82, 2.24) is 4.98 Å². The van der Waals surface area contributed by atoms with Crippen molar-refractivity contribution in [3.8, 4) is 0 Å². The Hall–Kier alpha value is -1.59. The van der Waals surface area contributed by atoms with E-state index in [9.17, 15) is 0 Å². The van der Waals surface area contributed by atoms with Crippen molar-refractivity contribution >= 4 is 28.2 Å². The highest BCUT2D eigenvalue weighted by Crippen LogP contribution is 2.24. The van der Waals surface area contributed by atoms with Gasteiger partial charge in [0.05, 0.1) is 12.1 Å². The lowest BCUT2D eigenvalue weighted by molar-refractivity contribution is 1.37. The third-order valence-corrected chi connectivity index (χ3v) is 2.29. The maximum Gasteiger partial charge on any atom is 0.189 e. The fraction of sp³-hybridized carbons (Fsp3) is 0.0909. The topological polar surface area (TPSA) is 17.2 Å². The fourth-order valence-corrected chi connectivity index (χ4v) is 1.67. The standard InChI is InChI=1S/C11H7ClN2/c1-7-5-11(12)14-10-6-8(13-2)3-4-9(7)10/h3-6H,1H3. The molecule has 0 saturated heterocycles. The van der Waals surface area contributed by atoms with Crippen LogP contribution in [0.4, 0.5) is 5.69 Å². The molecule has 0 fully saturated rings. The molecule has 1 aromatic carbocycles. The number of pyridine rings is 1. The molecular formula is C11H7ClN2. The summed E-state index contributed by atoms with van der Waals surface area (Å²) in [5, 5.41) is 1.51. The van der Waals surface area contributed by atoms with Gasteiger partial charge in [-0.3, -0.25) is 0 Å². The molecule has 0 bridgehead atoms. The number of benzene rings is 1. The van der Waals surface area contributed by atoms with E-state index < -0.39 is 0 Å². The van der Waals surface area contributed by atoms with E-state index in [-0.39, 0.29) is 0 Å². The van der Waals surface area contributed by atoms with Gasteiger partial charge < -0.3 is 0 Å². The molecule has 0 saturated carbocycles. The molecule has 1 aromatic heterocycles. The lowest BCUT2D eigenvalue weighted by Gasteiger charge is -2.02. The van der Waals surface area contributed by atoms with Gasteiger partial charge in [0.15, 0.2) is 5.69 Å². The van der Waals surface area contributed by atoms with Gasteiger partial charge in [-0.2, -0.15) is 0 Å². The van der Waals surface area contributed by atoms with Crippen LogP contribution in [-0.2, 0) is 0 Å². The van der Waals surface area contributed by atoms with Gasteiger partial charge in [0, 0.05) is 5.39 Å². The zero-order chi connectivity index (χ0) is 10.1. The minimum atomic E-state index is 0.470. The van der Waals surface area contributed by atoms with Crippen molar-refractivity contribution in [2.24, 2.45) is 0 Å². The summed E-state index contributed by atoms with van der Waals surface area (Å²) >= 11 is 5.83. The second kappa shape index (κ2) is 3.28. The number of hydrogen-bond acceptors (Lipinski definition) is 1. The van der Waals surface area contributed by atoms with E-state index in [0.717, 1.165) is 16.5 Å². The molecule has 3 heteroatoms. The number of aromatic nitrogens is 1. The van der Waals surface area contributed by atoms with Crippen LogP contribution in [0.2, 0.25) is 5.15 Å². The number of fused-ring (bicyclic) bond motifs is 1. The summed E-state index contributed by atoms with van der Waals surface area (Å²) in [6.07, 6.45) is 0. The van der Waals surface area contributed by atoms with E-state index >= 15 is 0 Å². The molecule has 0 aliphatic rings. The summed E-state index contributed by atoms with van der Waals surface area (Å²) in [6, 6.07) is 7.27. The number of hydrogen-bond donors (Lipinski definition) is 0. The van der Waals surface area contributed by atoms with Gasteiger partial charge in [0.2, 0.25) is 0 Å². The van der Waals surface area contributed by atoms with Crippen molar-refractivity contribution in [3.05, 3.63) is 46.4 Å². The number of halogens is 1. The van der Waals surface area contributed by atoms with Crippen LogP contribution < -0.4 is 0 Å². The van der Waals surface area contributed by atoms with E-state index in [1.54, 1.807) is 12.1 Å². The Morgan fingerprint density at radius 3 is 2.86 bits per heavy atom. The highest BCUT2D eigenvalue weighted by atomic mass is 35.5. The van der Waals surface area contributed by atoms with Gasteiger partial charge in [0.1, 0.15) is 5.15 Å². The maximum absolute atomic E-state index is 6.89. The van der Waals surface area contributed by atoms with E-state index in [1.165, 1.54) is 0 Å². The summed E-state index contributed by atoms with van der Waals surface area (Å²) in [6.45, 7) is 8.87. The molecule has 0 atom stereocenters. The molecule has 0 spiro atoms. The molecule has 0 amide bonds. The maximum atomic E-state index is 6.89. The Morgan fingerprint density at radius 1 is 1.36 bits per heavy atom. The zero-order valence-electron chi connectivity index (χ0n) is 7.58. The normalized spacial score (nSPS) is 10.1. The van der Waals surface area contributed by atoms with Crippen molar-refractivity contribution in [3.63, 3.8) is 0 Å². The molecule has 0 aliphatic heterocycles. The highest BCUT2D eigenvalue weighted by molar-refractivity contribution is 6.29. The molecule has 68 valence electrons.